The zero-order valence-corrected chi connectivity index (χ0v) is 20.5. The van der Waals surface area contributed by atoms with Gasteiger partial charge in [0, 0.05) is 30.1 Å². The van der Waals surface area contributed by atoms with E-state index in [1.165, 1.54) is 18.4 Å². The highest BCUT2D eigenvalue weighted by Crippen LogP contribution is 2.47. The molecular weight excluding hydrogens is 493 g/mol. The number of guanidine groups is 1. The Bertz CT molecular complexity index is 839. The summed E-state index contributed by atoms with van der Waals surface area (Å²) in [6.07, 6.45) is 2.40. The maximum atomic E-state index is 5.52. The molecule has 0 amide bonds. The number of hydrogen-bond donors (Lipinski definition) is 2. The van der Waals surface area contributed by atoms with Crippen LogP contribution in [-0.2, 0) is 12.0 Å². The van der Waals surface area contributed by atoms with E-state index in [0.717, 1.165) is 30.4 Å². The van der Waals surface area contributed by atoms with Gasteiger partial charge in [0.25, 0.3) is 0 Å². The molecule has 1 fully saturated rings. The number of ether oxygens (including phenoxy) is 3. The van der Waals surface area contributed by atoms with Crippen LogP contribution in [0.4, 0.5) is 0 Å². The van der Waals surface area contributed by atoms with Gasteiger partial charge in [-0.25, -0.2) is 4.99 Å². The van der Waals surface area contributed by atoms with Gasteiger partial charge in [-0.3, -0.25) is 0 Å². The molecule has 0 radical (unpaired) electrons. The Hall–Kier alpha value is -2.16. The highest BCUT2D eigenvalue weighted by molar-refractivity contribution is 14.0. The van der Waals surface area contributed by atoms with Crippen LogP contribution in [-0.4, -0.2) is 40.4 Å². The minimum Gasteiger partial charge on any atom is -0.496 e. The van der Waals surface area contributed by atoms with Gasteiger partial charge in [-0.05, 0) is 31.4 Å². The van der Waals surface area contributed by atoms with Crippen LogP contribution < -0.4 is 24.8 Å². The van der Waals surface area contributed by atoms with Gasteiger partial charge in [-0.2, -0.15) is 0 Å². The molecule has 0 atom stereocenters. The predicted molar refractivity (Wildman–Crippen MR) is 132 cm³/mol. The van der Waals surface area contributed by atoms with Crippen molar-refractivity contribution < 1.29 is 14.2 Å². The highest BCUT2D eigenvalue weighted by atomic mass is 127. The quantitative estimate of drug-likeness (QED) is 0.293. The Labute approximate surface area is 196 Å². The Morgan fingerprint density at radius 1 is 0.933 bits per heavy atom. The van der Waals surface area contributed by atoms with E-state index in [0.29, 0.717) is 18.0 Å². The first-order chi connectivity index (χ1) is 14.2. The first-order valence-corrected chi connectivity index (χ1v) is 10.0. The zero-order valence-electron chi connectivity index (χ0n) is 18.2. The Morgan fingerprint density at radius 3 is 2.13 bits per heavy atom. The van der Waals surface area contributed by atoms with Gasteiger partial charge in [0.15, 0.2) is 17.5 Å². The average Bonchev–Trinajstić information content (AvgIpc) is 3.56. The van der Waals surface area contributed by atoms with Gasteiger partial charge in [0.2, 0.25) is 0 Å². The summed E-state index contributed by atoms with van der Waals surface area (Å²) < 4.78 is 16.3. The number of hydrogen-bond acceptors (Lipinski definition) is 4. The van der Waals surface area contributed by atoms with Gasteiger partial charge >= 0.3 is 0 Å². The number of aliphatic imine (C=N–C) groups is 1. The number of methoxy groups -OCH3 is 3. The molecule has 30 heavy (non-hydrogen) atoms. The monoisotopic (exact) mass is 525 g/mol. The normalized spacial score (nSPS) is 14.3. The third-order valence-electron chi connectivity index (χ3n) is 5.37. The molecule has 6 nitrogen and oxygen atoms in total. The zero-order chi connectivity index (χ0) is 20.7. The van der Waals surface area contributed by atoms with Crippen molar-refractivity contribution >= 4 is 29.9 Å². The molecule has 0 unspecified atom stereocenters. The number of nitrogens with one attached hydrogen (secondary N) is 2. The lowest BCUT2D eigenvalue weighted by Gasteiger charge is -2.19. The van der Waals surface area contributed by atoms with E-state index in [1.54, 1.807) is 21.3 Å². The molecule has 1 aliphatic carbocycles. The van der Waals surface area contributed by atoms with Gasteiger partial charge in [-0.1, -0.05) is 30.3 Å². The van der Waals surface area contributed by atoms with Crippen molar-refractivity contribution in [3.05, 3.63) is 53.6 Å². The molecule has 1 aliphatic rings. The Morgan fingerprint density at radius 2 is 1.57 bits per heavy atom. The Balaban J connectivity index is 0.00000320. The lowest BCUT2D eigenvalue weighted by atomic mass is 9.96. The summed E-state index contributed by atoms with van der Waals surface area (Å²) >= 11 is 0. The number of benzene rings is 2. The molecular formula is C23H32IN3O3. The molecule has 3 rings (SSSR count). The van der Waals surface area contributed by atoms with E-state index in [1.807, 2.05) is 12.1 Å². The van der Waals surface area contributed by atoms with Crippen molar-refractivity contribution in [3.8, 4) is 17.2 Å². The minimum atomic E-state index is 0. The second-order valence-electron chi connectivity index (χ2n) is 7.21. The van der Waals surface area contributed by atoms with Gasteiger partial charge in [0.05, 0.1) is 27.9 Å². The van der Waals surface area contributed by atoms with Crippen LogP contribution in [0.2, 0.25) is 0 Å². The number of nitrogens with zero attached hydrogens (tertiary/aromatic N) is 1. The molecule has 0 spiro atoms. The topological polar surface area (TPSA) is 64.1 Å². The van der Waals surface area contributed by atoms with Crippen molar-refractivity contribution in [2.75, 3.05) is 34.4 Å². The highest BCUT2D eigenvalue weighted by Gasteiger charge is 2.44. The van der Waals surface area contributed by atoms with Crippen LogP contribution >= 0.6 is 24.0 Å². The molecule has 0 bridgehead atoms. The standard InChI is InChI=1S/C23H31N3O3.HI/c1-5-24-22(26-16-23(11-12-23)18-9-7-6-8-10-18)25-15-17-13-20(28-3)21(29-4)14-19(17)27-2;/h6-10,13-14H,5,11-12,15-16H2,1-4H3,(H2,24,25,26);1H. The summed E-state index contributed by atoms with van der Waals surface area (Å²) in [5.74, 6) is 2.83. The summed E-state index contributed by atoms with van der Waals surface area (Å²) in [6, 6.07) is 14.5. The van der Waals surface area contributed by atoms with E-state index < -0.39 is 0 Å². The van der Waals surface area contributed by atoms with Gasteiger partial charge < -0.3 is 24.8 Å². The fourth-order valence-corrected chi connectivity index (χ4v) is 3.49. The summed E-state index contributed by atoms with van der Waals surface area (Å²) in [5, 5.41) is 6.86. The summed E-state index contributed by atoms with van der Waals surface area (Å²) in [7, 11) is 4.89. The first kappa shape index (κ1) is 24.1. The third kappa shape index (κ3) is 5.71. The second-order valence-corrected chi connectivity index (χ2v) is 7.21. The van der Waals surface area contributed by atoms with Crippen LogP contribution in [0.5, 0.6) is 17.2 Å². The van der Waals surface area contributed by atoms with Crippen molar-refractivity contribution in [1.29, 1.82) is 0 Å². The molecule has 0 saturated heterocycles. The fraction of sp³-hybridized carbons (Fsp3) is 0.435. The van der Waals surface area contributed by atoms with E-state index >= 15 is 0 Å². The van der Waals surface area contributed by atoms with E-state index in [2.05, 4.69) is 47.9 Å². The largest absolute Gasteiger partial charge is 0.496 e. The maximum absolute atomic E-state index is 5.52. The van der Waals surface area contributed by atoms with E-state index in [-0.39, 0.29) is 29.4 Å². The molecule has 0 aromatic heterocycles. The van der Waals surface area contributed by atoms with Crippen molar-refractivity contribution in [2.24, 2.45) is 4.99 Å². The molecule has 2 N–H and O–H groups in total. The van der Waals surface area contributed by atoms with Crippen molar-refractivity contribution in [1.82, 2.24) is 10.6 Å². The van der Waals surface area contributed by atoms with Gasteiger partial charge in [-0.15, -0.1) is 24.0 Å². The predicted octanol–water partition coefficient (Wildman–Crippen LogP) is 4.12. The second kappa shape index (κ2) is 11.3. The lowest BCUT2D eigenvalue weighted by molar-refractivity contribution is 0.347. The van der Waals surface area contributed by atoms with Crippen LogP contribution in [0.3, 0.4) is 0 Å². The molecule has 0 aliphatic heterocycles. The van der Waals surface area contributed by atoms with E-state index in [4.69, 9.17) is 19.2 Å². The minimum absolute atomic E-state index is 0. The van der Waals surface area contributed by atoms with E-state index in [9.17, 15) is 0 Å². The number of rotatable bonds is 9. The first-order valence-electron chi connectivity index (χ1n) is 10.0. The van der Waals surface area contributed by atoms with Crippen LogP contribution in [0.15, 0.2) is 47.5 Å². The average molecular weight is 525 g/mol. The fourth-order valence-electron chi connectivity index (χ4n) is 3.49. The van der Waals surface area contributed by atoms with Crippen molar-refractivity contribution in [3.63, 3.8) is 0 Å². The third-order valence-corrected chi connectivity index (χ3v) is 5.37. The smallest absolute Gasteiger partial charge is 0.191 e. The summed E-state index contributed by atoms with van der Waals surface area (Å²) in [4.78, 5) is 4.77. The SMILES string of the molecule is CCNC(=NCc1cc(OC)c(OC)cc1OC)NCC1(c2ccccc2)CC1.I. The molecule has 2 aromatic rings. The lowest BCUT2D eigenvalue weighted by Crippen LogP contribution is -2.41. The van der Waals surface area contributed by atoms with Crippen molar-refractivity contribution in [2.45, 2.75) is 31.7 Å². The molecule has 0 heterocycles. The molecule has 164 valence electrons. The Kier molecular flexibility index (Phi) is 9.08. The molecule has 1 saturated carbocycles. The summed E-state index contributed by atoms with van der Waals surface area (Å²) in [5.41, 5.74) is 2.55. The van der Waals surface area contributed by atoms with Crippen LogP contribution in [0.25, 0.3) is 0 Å². The molecule has 2 aromatic carbocycles. The van der Waals surface area contributed by atoms with Crippen LogP contribution in [0, 0.1) is 0 Å². The molecule has 7 heteroatoms. The van der Waals surface area contributed by atoms with Crippen LogP contribution in [0.1, 0.15) is 30.9 Å². The van der Waals surface area contributed by atoms with Gasteiger partial charge in [0.1, 0.15) is 5.75 Å². The maximum Gasteiger partial charge on any atom is 0.191 e. The summed E-state index contributed by atoms with van der Waals surface area (Å²) in [6.45, 7) is 4.20. The number of halogens is 1.